The number of hydrogen-bond acceptors (Lipinski definition) is 3. The van der Waals surface area contributed by atoms with Crippen LogP contribution in [-0.4, -0.2) is 15.9 Å². The SMILES string of the molecule is C#Cc1ccc(NC(=O)C(C)(C)C2C[C@H]3CC(c4ccnc5ccc(F)cc45)C[C@H]3C2)cn1. The predicted molar refractivity (Wildman–Crippen MR) is 128 cm³/mol. The number of halogens is 1. The van der Waals surface area contributed by atoms with Gasteiger partial charge in [0.15, 0.2) is 0 Å². The van der Waals surface area contributed by atoms with Gasteiger partial charge >= 0.3 is 0 Å². The summed E-state index contributed by atoms with van der Waals surface area (Å²) in [5.74, 6) is 4.24. The van der Waals surface area contributed by atoms with Crippen LogP contribution in [0.5, 0.6) is 0 Å². The van der Waals surface area contributed by atoms with Crippen LogP contribution >= 0.6 is 0 Å². The Bertz CT molecular complexity index is 1230. The Morgan fingerprint density at radius 1 is 1.09 bits per heavy atom. The maximum Gasteiger partial charge on any atom is 0.230 e. The molecule has 0 aliphatic heterocycles. The van der Waals surface area contributed by atoms with Gasteiger partial charge in [0.1, 0.15) is 11.5 Å². The minimum absolute atomic E-state index is 0.0230. The Morgan fingerprint density at radius 2 is 1.85 bits per heavy atom. The van der Waals surface area contributed by atoms with E-state index in [1.807, 2.05) is 20.0 Å². The number of anilines is 1. The van der Waals surface area contributed by atoms with Crippen LogP contribution in [0.2, 0.25) is 0 Å². The average molecular weight is 442 g/mol. The third-order valence-electron chi connectivity index (χ3n) is 7.97. The molecule has 2 aliphatic rings. The van der Waals surface area contributed by atoms with Crippen LogP contribution in [0.15, 0.2) is 48.8 Å². The molecule has 0 saturated heterocycles. The minimum atomic E-state index is -0.475. The molecule has 2 aromatic heterocycles. The maximum absolute atomic E-state index is 13.9. The fourth-order valence-electron chi connectivity index (χ4n) is 5.99. The highest BCUT2D eigenvalue weighted by Crippen LogP contribution is 2.56. The highest BCUT2D eigenvalue weighted by molar-refractivity contribution is 5.95. The number of hydrogen-bond donors (Lipinski definition) is 1. The lowest BCUT2D eigenvalue weighted by Gasteiger charge is -2.31. The lowest BCUT2D eigenvalue weighted by molar-refractivity contribution is -0.126. The van der Waals surface area contributed by atoms with Crippen molar-refractivity contribution in [2.45, 2.75) is 45.4 Å². The zero-order valence-corrected chi connectivity index (χ0v) is 19.0. The zero-order valence-electron chi connectivity index (χ0n) is 19.0. The van der Waals surface area contributed by atoms with Crippen molar-refractivity contribution in [2.24, 2.45) is 23.2 Å². The number of benzene rings is 1. The first-order valence-corrected chi connectivity index (χ1v) is 11.6. The summed E-state index contributed by atoms with van der Waals surface area (Å²) in [6.45, 7) is 4.10. The van der Waals surface area contributed by atoms with Crippen LogP contribution < -0.4 is 5.32 Å². The first kappa shape index (κ1) is 21.6. The molecule has 2 unspecified atom stereocenters. The number of nitrogens with one attached hydrogen (secondary N) is 1. The molecule has 2 heterocycles. The molecular formula is C28H28FN3O. The Balaban J connectivity index is 1.27. The molecular weight excluding hydrogens is 413 g/mol. The fourth-order valence-corrected chi connectivity index (χ4v) is 5.99. The van der Waals surface area contributed by atoms with E-state index in [1.54, 1.807) is 30.5 Å². The standard InChI is InChI=1S/C28H28FN3O/c1-4-22-6-7-23(16-31-22)32-27(33)28(2,3)20-13-17-11-19(12-18(17)14-20)24-9-10-30-26-8-5-21(29)15-25(24)26/h1,5-10,15-20H,11-14H2,2-3H3,(H,32,33)/t17-,18+,19?,20?. The van der Waals surface area contributed by atoms with Gasteiger partial charge in [0.25, 0.3) is 0 Å². The third-order valence-corrected chi connectivity index (χ3v) is 7.97. The average Bonchev–Trinajstić information content (AvgIpc) is 3.39. The summed E-state index contributed by atoms with van der Waals surface area (Å²) in [4.78, 5) is 21.7. The third kappa shape index (κ3) is 3.99. The molecule has 168 valence electrons. The van der Waals surface area contributed by atoms with Crippen molar-refractivity contribution in [1.82, 2.24) is 9.97 Å². The Morgan fingerprint density at radius 3 is 2.52 bits per heavy atom. The molecule has 1 N–H and O–H groups in total. The van der Waals surface area contributed by atoms with Gasteiger partial charge in [-0.1, -0.05) is 19.8 Å². The molecule has 1 aromatic carbocycles. The quantitative estimate of drug-likeness (QED) is 0.510. The van der Waals surface area contributed by atoms with Crippen LogP contribution in [0, 0.1) is 41.3 Å². The Kier molecular flexibility index (Phi) is 5.40. The molecule has 5 heteroatoms. The van der Waals surface area contributed by atoms with E-state index >= 15 is 0 Å². The topological polar surface area (TPSA) is 54.9 Å². The van der Waals surface area contributed by atoms with Crippen LogP contribution in [0.1, 0.15) is 56.7 Å². The molecule has 0 radical (unpaired) electrons. The van der Waals surface area contributed by atoms with Gasteiger partial charge in [0.05, 0.1) is 17.4 Å². The van der Waals surface area contributed by atoms with E-state index in [9.17, 15) is 9.18 Å². The summed E-state index contributed by atoms with van der Waals surface area (Å²) >= 11 is 0. The summed E-state index contributed by atoms with van der Waals surface area (Å²) in [6, 6.07) is 10.4. The second-order valence-electron chi connectivity index (χ2n) is 10.2. The van der Waals surface area contributed by atoms with Crippen molar-refractivity contribution >= 4 is 22.5 Å². The number of rotatable bonds is 4. The number of pyridine rings is 2. The lowest BCUT2D eigenvalue weighted by atomic mass is 9.75. The molecule has 5 rings (SSSR count). The van der Waals surface area contributed by atoms with Crippen molar-refractivity contribution in [3.8, 4) is 12.3 Å². The molecule has 2 saturated carbocycles. The second kappa shape index (κ2) is 8.26. The van der Waals surface area contributed by atoms with Gasteiger partial charge in [-0.25, -0.2) is 9.37 Å². The molecule has 0 spiro atoms. The van der Waals surface area contributed by atoms with Gasteiger partial charge < -0.3 is 5.32 Å². The first-order valence-electron chi connectivity index (χ1n) is 11.6. The van der Waals surface area contributed by atoms with E-state index in [0.29, 0.717) is 35.1 Å². The van der Waals surface area contributed by atoms with Crippen molar-refractivity contribution in [2.75, 3.05) is 5.32 Å². The molecule has 4 nitrogen and oxygen atoms in total. The summed E-state index contributed by atoms with van der Waals surface area (Å²) in [7, 11) is 0. The van der Waals surface area contributed by atoms with Crippen molar-refractivity contribution in [1.29, 1.82) is 0 Å². The van der Waals surface area contributed by atoms with Crippen LogP contribution in [0.4, 0.5) is 10.1 Å². The second-order valence-corrected chi connectivity index (χ2v) is 10.2. The van der Waals surface area contributed by atoms with Gasteiger partial charge in [-0.2, -0.15) is 0 Å². The minimum Gasteiger partial charge on any atom is -0.324 e. The summed E-state index contributed by atoms with van der Waals surface area (Å²) in [6.07, 6.45) is 13.1. The summed E-state index contributed by atoms with van der Waals surface area (Å²) < 4.78 is 13.9. The van der Waals surface area contributed by atoms with Crippen molar-refractivity contribution < 1.29 is 9.18 Å². The highest BCUT2D eigenvalue weighted by Gasteiger charge is 2.48. The number of nitrogens with zero attached hydrogens (tertiary/aromatic N) is 2. The molecule has 4 atom stereocenters. The summed E-state index contributed by atoms with van der Waals surface area (Å²) in [5.41, 5.74) is 2.81. The lowest BCUT2D eigenvalue weighted by Crippen LogP contribution is -2.37. The van der Waals surface area contributed by atoms with E-state index in [-0.39, 0.29) is 11.7 Å². The molecule has 2 fully saturated rings. The maximum atomic E-state index is 13.9. The molecule has 1 amide bonds. The fraction of sp³-hybridized carbons (Fsp3) is 0.393. The Hall–Kier alpha value is -3.26. The van der Waals surface area contributed by atoms with Gasteiger partial charge in [-0.3, -0.25) is 9.78 Å². The van der Waals surface area contributed by atoms with E-state index in [2.05, 4.69) is 27.3 Å². The number of amides is 1. The van der Waals surface area contributed by atoms with E-state index in [0.717, 1.165) is 36.6 Å². The van der Waals surface area contributed by atoms with E-state index < -0.39 is 5.41 Å². The normalized spacial score (nSPS) is 24.4. The number of aromatic nitrogens is 2. The molecule has 33 heavy (non-hydrogen) atoms. The van der Waals surface area contributed by atoms with Gasteiger partial charge in [-0.05, 0) is 91.3 Å². The number of carbonyl (C=O) groups is 1. The van der Waals surface area contributed by atoms with Crippen LogP contribution in [0.25, 0.3) is 10.9 Å². The van der Waals surface area contributed by atoms with Crippen LogP contribution in [-0.2, 0) is 4.79 Å². The predicted octanol–water partition coefficient (Wildman–Crippen LogP) is 5.93. The van der Waals surface area contributed by atoms with Crippen molar-refractivity contribution in [3.05, 3.63) is 65.9 Å². The number of carbonyl (C=O) groups excluding carboxylic acids is 1. The zero-order chi connectivity index (χ0) is 23.2. The van der Waals surface area contributed by atoms with Crippen molar-refractivity contribution in [3.63, 3.8) is 0 Å². The van der Waals surface area contributed by atoms with Crippen LogP contribution in [0.3, 0.4) is 0 Å². The summed E-state index contributed by atoms with van der Waals surface area (Å²) in [5, 5.41) is 3.96. The molecule has 2 aliphatic carbocycles. The van der Waals surface area contributed by atoms with Gasteiger partial charge in [0.2, 0.25) is 5.91 Å². The molecule has 0 bridgehead atoms. The molecule has 3 aromatic rings. The van der Waals surface area contributed by atoms with Gasteiger partial charge in [0, 0.05) is 17.0 Å². The highest BCUT2D eigenvalue weighted by atomic mass is 19.1. The Labute approximate surface area is 194 Å². The van der Waals surface area contributed by atoms with Gasteiger partial charge in [-0.15, -0.1) is 6.42 Å². The van der Waals surface area contributed by atoms with E-state index in [1.165, 1.54) is 11.6 Å². The smallest absolute Gasteiger partial charge is 0.230 e. The monoisotopic (exact) mass is 441 g/mol. The van der Waals surface area contributed by atoms with E-state index in [4.69, 9.17) is 6.42 Å². The number of fused-ring (bicyclic) bond motifs is 2. The largest absolute Gasteiger partial charge is 0.324 e. The number of terminal acetylenes is 1. The first-order chi connectivity index (χ1) is 15.8.